The van der Waals surface area contributed by atoms with Gasteiger partial charge >= 0.3 is 0 Å². The maximum Gasteiger partial charge on any atom is 0.278 e. The molecule has 0 bridgehead atoms. The number of amides is 2. The van der Waals surface area contributed by atoms with Gasteiger partial charge in [-0.15, -0.1) is 0 Å². The first-order valence-corrected chi connectivity index (χ1v) is 11.3. The Kier molecular flexibility index (Phi) is 6.14. The number of benzene rings is 3. The van der Waals surface area contributed by atoms with E-state index in [1.807, 2.05) is 0 Å². The maximum atomic E-state index is 13.8. The molecule has 0 radical (unpaired) electrons. The summed E-state index contributed by atoms with van der Waals surface area (Å²) in [6.07, 6.45) is -1.19. The molecular weight excluding hydrogens is 482 g/mol. The van der Waals surface area contributed by atoms with Crippen molar-refractivity contribution in [2.75, 3.05) is 31.3 Å². The van der Waals surface area contributed by atoms with Gasteiger partial charge in [0.2, 0.25) is 5.91 Å². The second-order valence-electron chi connectivity index (χ2n) is 8.39. The summed E-state index contributed by atoms with van der Waals surface area (Å²) in [5.74, 6) is -1.20. The number of hydroxylamine groups is 1. The van der Waals surface area contributed by atoms with Gasteiger partial charge in [0.15, 0.2) is 17.6 Å². The van der Waals surface area contributed by atoms with Crippen LogP contribution in [-0.2, 0) is 14.4 Å². The number of hydrogen-bond acceptors (Lipinski definition) is 9. The van der Waals surface area contributed by atoms with E-state index in [0.717, 1.165) is 4.90 Å². The number of nitro groups is 1. The van der Waals surface area contributed by atoms with Crippen LogP contribution in [0.1, 0.15) is 11.6 Å². The Bertz CT molecular complexity index is 1360. The highest BCUT2D eigenvalue weighted by Crippen LogP contribution is 2.51. The molecule has 2 aliphatic heterocycles. The van der Waals surface area contributed by atoms with E-state index in [9.17, 15) is 19.7 Å². The molecule has 2 amide bonds. The molecule has 0 spiro atoms. The van der Waals surface area contributed by atoms with Crippen LogP contribution in [0, 0.1) is 16.0 Å². The molecule has 2 aliphatic rings. The summed E-state index contributed by atoms with van der Waals surface area (Å²) in [4.78, 5) is 46.0. The lowest BCUT2D eigenvalue weighted by atomic mass is 9.89. The first-order valence-electron chi connectivity index (χ1n) is 11.3. The SMILES string of the molecule is COc1ccc(N2C(=O)[C@@H]3[C@H](ON(c4ccccc4)[C@H]3c3cc(OC)c(OC)cc3[N+](=O)[O-])C2=O)cc1. The topological polar surface area (TPSA) is 121 Å². The summed E-state index contributed by atoms with van der Waals surface area (Å²) in [6.45, 7) is 0. The van der Waals surface area contributed by atoms with Crippen molar-refractivity contribution in [2.45, 2.75) is 12.1 Å². The largest absolute Gasteiger partial charge is 0.497 e. The summed E-state index contributed by atoms with van der Waals surface area (Å²) in [6, 6.07) is 17.0. The molecule has 5 rings (SSSR count). The molecule has 3 atom stereocenters. The van der Waals surface area contributed by atoms with Crippen LogP contribution in [0.2, 0.25) is 0 Å². The van der Waals surface area contributed by atoms with Crippen molar-refractivity contribution in [2.24, 2.45) is 5.92 Å². The van der Waals surface area contributed by atoms with Gasteiger partial charge in [-0.2, -0.15) is 0 Å². The highest BCUT2D eigenvalue weighted by atomic mass is 16.7. The van der Waals surface area contributed by atoms with Crippen LogP contribution in [0.3, 0.4) is 0 Å². The molecule has 37 heavy (non-hydrogen) atoms. The van der Waals surface area contributed by atoms with E-state index in [2.05, 4.69) is 0 Å². The number of anilines is 2. The Morgan fingerprint density at radius 1 is 0.838 bits per heavy atom. The van der Waals surface area contributed by atoms with E-state index in [1.165, 1.54) is 38.5 Å². The average molecular weight is 505 g/mol. The van der Waals surface area contributed by atoms with E-state index in [4.69, 9.17) is 19.0 Å². The molecule has 11 nitrogen and oxygen atoms in total. The standard InChI is InChI=1S/C26H23N3O8/c1-34-17-11-9-15(10-12-17)27-25(30)22-23(18-13-20(35-2)21(36-3)14-19(18)29(32)33)28(37-24(22)26(27)31)16-7-5-4-6-8-16/h4-14,22-24H,1-3H3/t22-,23-,24-/m0/s1. The van der Waals surface area contributed by atoms with E-state index in [-0.39, 0.29) is 22.7 Å². The molecule has 0 N–H and O–H groups in total. The summed E-state index contributed by atoms with van der Waals surface area (Å²) in [5.41, 5.74) is 0.732. The first-order chi connectivity index (χ1) is 17.9. The Labute approximate surface area is 211 Å². The second kappa shape index (κ2) is 9.43. The number of methoxy groups -OCH3 is 3. The zero-order valence-corrected chi connectivity index (χ0v) is 20.2. The molecule has 0 aromatic heterocycles. The van der Waals surface area contributed by atoms with Gasteiger partial charge < -0.3 is 14.2 Å². The molecule has 11 heteroatoms. The summed E-state index contributed by atoms with van der Waals surface area (Å²) in [5, 5.41) is 13.5. The molecule has 3 aromatic rings. The average Bonchev–Trinajstić information content (AvgIpc) is 3.43. The molecule has 190 valence electrons. The molecule has 0 unspecified atom stereocenters. The van der Waals surface area contributed by atoms with E-state index in [1.54, 1.807) is 54.6 Å². The van der Waals surface area contributed by atoms with Crippen LogP contribution in [0.15, 0.2) is 66.7 Å². The lowest BCUT2D eigenvalue weighted by Crippen LogP contribution is -2.37. The number of nitro benzene ring substituents is 1. The van der Waals surface area contributed by atoms with Gasteiger partial charge in [-0.25, -0.2) is 9.96 Å². The quantitative estimate of drug-likeness (QED) is 0.269. The Morgan fingerprint density at radius 3 is 2.08 bits per heavy atom. The Morgan fingerprint density at radius 2 is 1.49 bits per heavy atom. The fraction of sp³-hybridized carbons (Fsp3) is 0.231. The minimum absolute atomic E-state index is 0.150. The number of ether oxygens (including phenoxy) is 3. The fourth-order valence-electron chi connectivity index (χ4n) is 4.79. The highest BCUT2D eigenvalue weighted by molar-refractivity contribution is 6.24. The van der Waals surface area contributed by atoms with Gasteiger partial charge in [-0.3, -0.25) is 24.5 Å². The smallest absolute Gasteiger partial charge is 0.278 e. The van der Waals surface area contributed by atoms with Crippen LogP contribution in [0.4, 0.5) is 17.1 Å². The van der Waals surface area contributed by atoms with Crippen molar-refractivity contribution in [3.63, 3.8) is 0 Å². The third-order valence-corrected chi connectivity index (χ3v) is 6.50. The van der Waals surface area contributed by atoms with Crippen LogP contribution in [0.25, 0.3) is 0 Å². The summed E-state index contributed by atoms with van der Waals surface area (Å²) < 4.78 is 15.8. The number of carbonyl (C=O) groups excluding carboxylic acids is 2. The van der Waals surface area contributed by atoms with Gasteiger partial charge in [-0.05, 0) is 42.5 Å². The van der Waals surface area contributed by atoms with Gasteiger partial charge in [0, 0.05) is 0 Å². The highest BCUT2D eigenvalue weighted by Gasteiger charge is 2.61. The van der Waals surface area contributed by atoms with Gasteiger partial charge in [0.05, 0.1) is 49.3 Å². The number of para-hydroxylation sites is 1. The van der Waals surface area contributed by atoms with Gasteiger partial charge in [0.1, 0.15) is 17.7 Å². The lowest BCUT2D eigenvalue weighted by molar-refractivity contribution is -0.385. The number of carbonyl (C=O) groups is 2. The predicted octanol–water partition coefficient (Wildman–Crippen LogP) is 3.67. The number of nitrogens with zero attached hydrogens (tertiary/aromatic N) is 3. The van der Waals surface area contributed by atoms with Crippen molar-refractivity contribution >= 4 is 28.9 Å². The number of hydrogen-bond donors (Lipinski definition) is 0. The summed E-state index contributed by atoms with van der Waals surface area (Å²) in [7, 11) is 4.29. The molecule has 2 heterocycles. The van der Waals surface area contributed by atoms with Crippen molar-refractivity contribution in [1.29, 1.82) is 0 Å². The first kappa shape index (κ1) is 24.1. The number of fused-ring (bicyclic) bond motifs is 1. The van der Waals surface area contributed by atoms with E-state index < -0.39 is 34.8 Å². The zero-order valence-electron chi connectivity index (χ0n) is 20.2. The molecule has 0 aliphatic carbocycles. The van der Waals surface area contributed by atoms with Gasteiger partial charge in [0.25, 0.3) is 11.6 Å². The predicted molar refractivity (Wildman–Crippen MR) is 132 cm³/mol. The zero-order chi connectivity index (χ0) is 26.3. The minimum Gasteiger partial charge on any atom is -0.497 e. The van der Waals surface area contributed by atoms with E-state index >= 15 is 0 Å². The number of imide groups is 1. The van der Waals surface area contributed by atoms with Crippen LogP contribution >= 0.6 is 0 Å². The van der Waals surface area contributed by atoms with Crippen molar-refractivity contribution in [3.05, 3.63) is 82.4 Å². The number of rotatable bonds is 7. The molecule has 3 aromatic carbocycles. The molecular formula is C26H23N3O8. The monoisotopic (exact) mass is 505 g/mol. The van der Waals surface area contributed by atoms with Crippen molar-refractivity contribution < 1.29 is 33.6 Å². The third-order valence-electron chi connectivity index (χ3n) is 6.50. The van der Waals surface area contributed by atoms with Crippen LogP contribution in [-0.4, -0.2) is 44.2 Å². The Hall–Kier alpha value is -4.64. The molecule has 2 fully saturated rings. The normalized spacial score (nSPS) is 20.7. The van der Waals surface area contributed by atoms with Crippen LogP contribution in [0.5, 0.6) is 17.2 Å². The van der Waals surface area contributed by atoms with Crippen LogP contribution < -0.4 is 24.2 Å². The fourth-order valence-corrected chi connectivity index (χ4v) is 4.79. The van der Waals surface area contributed by atoms with E-state index in [0.29, 0.717) is 17.1 Å². The van der Waals surface area contributed by atoms with Crippen molar-refractivity contribution in [3.8, 4) is 17.2 Å². The summed E-state index contributed by atoms with van der Waals surface area (Å²) >= 11 is 0. The second-order valence-corrected chi connectivity index (χ2v) is 8.39. The molecule has 0 saturated carbocycles. The lowest BCUT2D eigenvalue weighted by Gasteiger charge is -2.29. The third kappa shape index (κ3) is 3.89. The maximum absolute atomic E-state index is 13.8. The van der Waals surface area contributed by atoms with Gasteiger partial charge in [-0.1, -0.05) is 18.2 Å². The minimum atomic E-state index is -1.19. The van der Waals surface area contributed by atoms with Crippen molar-refractivity contribution in [1.82, 2.24) is 0 Å². The molecule has 2 saturated heterocycles. The Balaban J connectivity index is 1.66.